The molecule has 0 radical (unpaired) electrons. The van der Waals surface area contributed by atoms with Crippen LogP contribution in [-0.2, 0) is 4.74 Å². The molecule has 0 unspecified atom stereocenters. The quantitative estimate of drug-likeness (QED) is 0.800. The van der Waals surface area contributed by atoms with Crippen molar-refractivity contribution in [3.8, 4) is 11.3 Å². The average molecular weight is 282 g/mol. The summed E-state index contributed by atoms with van der Waals surface area (Å²) in [7, 11) is 0. The Kier molecular flexibility index (Phi) is 3.99. The Morgan fingerprint density at radius 3 is 2.94 bits per heavy atom. The highest BCUT2D eigenvalue weighted by molar-refractivity contribution is 7.11. The molecule has 1 heterocycles. The summed E-state index contributed by atoms with van der Waals surface area (Å²) in [6.45, 7) is 4.08. The van der Waals surface area contributed by atoms with Crippen LogP contribution < -0.4 is 0 Å². The molecule has 0 aliphatic rings. The molecule has 0 atom stereocenters. The van der Waals surface area contributed by atoms with Gasteiger partial charge in [-0.15, -0.1) is 11.3 Å². The van der Waals surface area contributed by atoms with E-state index < -0.39 is 5.97 Å². The van der Waals surface area contributed by atoms with E-state index in [1.807, 2.05) is 30.5 Å². The van der Waals surface area contributed by atoms with E-state index in [9.17, 15) is 4.79 Å². The Bertz CT molecular complexity index is 560. The van der Waals surface area contributed by atoms with Crippen LogP contribution in [0.4, 0.5) is 0 Å². The number of carbonyl (C=O) groups is 1. The number of nitrogens with zero attached hydrogens (tertiary/aromatic N) is 1. The molecule has 0 N–H and O–H groups in total. The smallest absolute Gasteiger partial charge is 0.367 e. The second-order valence-corrected chi connectivity index (χ2v) is 4.96. The first-order valence-electron chi connectivity index (χ1n) is 5.51. The molecule has 0 spiro atoms. The van der Waals surface area contributed by atoms with E-state index in [2.05, 4.69) is 4.98 Å². The Morgan fingerprint density at radius 1 is 1.50 bits per heavy atom. The molecular weight excluding hydrogens is 270 g/mol. The fourth-order valence-corrected chi connectivity index (χ4v) is 2.65. The van der Waals surface area contributed by atoms with Crippen molar-refractivity contribution in [1.82, 2.24) is 4.98 Å². The zero-order chi connectivity index (χ0) is 13.1. The standard InChI is InChI=1S/C13H12ClNO2S/c1-3-17-13(16)12-15-10(7-18-12)11-8(2)5-4-6-9(11)14/h4-7H,3H2,1-2H3. The maximum atomic E-state index is 11.6. The number of thiazole rings is 1. The number of carbonyl (C=O) groups excluding carboxylic acids is 1. The van der Waals surface area contributed by atoms with Crippen LogP contribution in [0.5, 0.6) is 0 Å². The van der Waals surface area contributed by atoms with E-state index >= 15 is 0 Å². The highest BCUT2D eigenvalue weighted by Gasteiger charge is 2.15. The number of ether oxygens (including phenoxy) is 1. The van der Waals surface area contributed by atoms with Gasteiger partial charge in [0.2, 0.25) is 5.01 Å². The number of rotatable bonds is 3. The van der Waals surface area contributed by atoms with Crippen LogP contribution in [0.3, 0.4) is 0 Å². The van der Waals surface area contributed by atoms with Crippen molar-refractivity contribution in [3.63, 3.8) is 0 Å². The molecule has 0 saturated heterocycles. The van der Waals surface area contributed by atoms with Crippen LogP contribution in [0, 0.1) is 6.92 Å². The second-order valence-electron chi connectivity index (χ2n) is 3.69. The number of esters is 1. The molecule has 0 aliphatic heterocycles. The molecule has 0 fully saturated rings. The minimum atomic E-state index is -0.390. The third kappa shape index (κ3) is 2.54. The number of halogens is 1. The maximum absolute atomic E-state index is 11.6. The zero-order valence-electron chi connectivity index (χ0n) is 10.1. The molecule has 18 heavy (non-hydrogen) atoms. The van der Waals surface area contributed by atoms with E-state index in [4.69, 9.17) is 16.3 Å². The molecule has 1 aromatic carbocycles. The van der Waals surface area contributed by atoms with Crippen LogP contribution in [0.15, 0.2) is 23.6 Å². The van der Waals surface area contributed by atoms with Gasteiger partial charge in [0.05, 0.1) is 17.3 Å². The number of aryl methyl sites for hydroxylation is 1. The fourth-order valence-electron chi connectivity index (χ4n) is 1.63. The summed E-state index contributed by atoms with van der Waals surface area (Å²) in [4.78, 5) is 15.8. The fraction of sp³-hybridized carbons (Fsp3) is 0.231. The van der Waals surface area contributed by atoms with Crippen molar-refractivity contribution in [3.05, 3.63) is 39.2 Å². The summed E-state index contributed by atoms with van der Waals surface area (Å²) in [5.41, 5.74) is 2.61. The molecule has 5 heteroatoms. The first kappa shape index (κ1) is 13.1. The first-order valence-corrected chi connectivity index (χ1v) is 6.77. The van der Waals surface area contributed by atoms with Crippen molar-refractivity contribution < 1.29 is 9.53 Å². The second kappa shape index (κ2) is 5.50. The molecule has 1 aromatic heterocycles. The van der Waals surface area contributed by atoms with Gasteiger partial charge in [-0.05, 0) is 25.5 Å². The summed E-state index contributed by atoms with van der Waals surface area (Å²) in [5, 5.41) is 2.81. The highest BCUT2D eigenvalue weighted by Crippen LogP contribution is 2.31. The Labute approximate surface area is 114 Å². The summed E-state index contributed by atoms with van der Waals surface area (Å²) >= 11 is 7.43. The Morgan fingerprint density at radius 2 is 2.28 bits per heavy atom. The topological polar surface area (TPSA) is 39.2 Å². The molecule has 0 aliphatic carbocycles. The normalized spacial score (nSPS) is 10.4. The lowest BCUT2D eigenvalue weighted by atomic mass is 10.1. The molecule has 3 nitrogen and oxygen atoms in total. The van der Waals surface area contributed by atoms with Crippen LogP contribution in [0.2, 0.25) is 5.02 Å². The molecule has 94 valence electrons. The number of hydrogen-bond donors (Lipinski definition) is 0. The van der Waals surface area contributed by atoms with Crippen molar-refractivity contribution in [2.24, 2.45) is 0 Å². The monoisotopic (exact) mass is 281 g/mol. The first-order chi connectivity index (χ1) is 8.63. The van der Waals surface area contributed by atoms with Crippen molar-refractivity contribution in [1.29, 1.82) is 0 Å². The van der Waals surface area contributed by atoms with Gasteiger partial charge in [-0.2, -0.15) is 0 Å². The summed E-state index contributed by atoms with van der Waals surface area (Å²) in [6.07, 6.45) is 0. The molecule has 0 amide bonds. The minimum Gasteiger partial charge on any atom is -0.461 e. The zero-order valence-corrected chi connectivity index (χ0v) is 11.6. The van der Waals surface area contributed by atoms with Gasteiger partial charge in [-0.25, -0.2) is 9.78 Å². The predicted octanol–water partition coefficient (Wildman–Crippen LogP) is 3.95. The van der Waals surface area contributed by atoms with E-state index in [1.54, 1.807) is 6.92 Å². The van der Waals surface area contributed by atoms with Crippen LogP contribution in [0.25, 0.3) is 11.3 Å². The van der Waals surface area contributed by atoms with Crippen LogP contribution in [-0.4, -0.2) is 17.6 Å². The number of benzene rings is 1. The van der Waals surface area contributed by atoms with E-state index in [0.717, 1.165) is 11.1 Å². The van der Waals surface area contributed by atoms with Crippen LogP contribution in [0.1, 0.15) is 22.3 Å². The van der Waals surface area contributed by atoms with Crippen molar-refractivity contribution in [2.75, 3.05) is 6.61 Å². The lowest BCUT2D eigenvalue weighted by Gasteiger charge is -2.04. The largest absolute Gasteiger partial charge is 0.461 e. The predicted molar refractivity (Wildman–Crippen MR) is 73.3 cm³/mol. The van der Waals surface area contributed by atoms with E-state index in [1.165, 1.54) is 11.3 Å². The summed E-state index contributed by atoms with van der Waals surface area (Å²) < 4.78 is 4.91. The van der Waals surface area contributed by atoms with E-state index in [0.29, 0.717) is 22.3 Å². The lowest BCUT2D eigenvalue weighted by Crippen LogP contribution is -2.03. The summed E-state index contributed by atoms with van der Waals surface area (Å²) in [6, 6.07) is 5.66. The minimum absolute atomic E-state index is 0.346. The van der Waals surface area contributed by atoms with Gasteiger partial charge < -0.3 is 4.74 Å². The summed E-state index contributed by atoms with van der Waals surface area (Å²) in [5.74, 6) is -0.390. The molecule has 0 bridgehead atoms. The van der Waals surface area contributed by atoms with Gasteiger partial charge in [0.25, 0.3) is 0 Å². The SMILES string of the molecule is CCOC(=O)c1nc(-c2c(C)cccc2Cl)cs1. The van der Waals surface area contributed by atoms with Crippen LogP contribution >= 0.6 is 22.9 Å². The Hall–Kier alpha value is -1.39. The van der Waals surface area contributed by atoms with E-state index in [-0.39, 0.29) is 0 Å². The van der Waals surface area contributed by atoms with Gasteiger partial charge in [-0.1, -0.05) is 23.7 Å². The third-order valence-corrected chi connectivity index (χ3v) is 3.57. The lowest BCUT2D eigenvalue weighted by molar-refractivity contribution is 0.0526. The number of aromatic nitrogens is 1. The van der Waals surface area contributed by atoms with Gasteiger partial charge >= 0.3 is 5.97 Å². The number of hydrogen-bond acceptors (Lipinski definition) is 4. The molecule has 2 aromatic rings. The third-order valence-electron chi connectivity index (χ3n) is 2.43. The maximum Gasteiger partial charge on any atom is 0.367 e. The van der Waals surface area contributed by atoms with Gasteiger partial charge in [-0.3, -0.25) is 0 Å². The molecule has 2 rings (SSSR count). The molecular formula is C13H12ClNO2S. The van der Waals surface area contributed by atoms with Crippen molar-refractivity contribution in [2.45, 2.75) is 13.8 Å². The Balaban J connectivity index is 2.38. The average Bonchev–Trinajstić information content (AvgIpc) is 2.78. The highest BCUT2D eigenvalue weighted by atomic mass is 35.5. The van der Waals surface area contributed by atoms with Gasteiger partial charge in [0.15, 0.2) is 0 Å². The van der Waals surface area contributed by atoms with Gasteiger partial charge in [0.1, 0.15) is 0 Å². The van der Waals surface area contributed by atoms with Crippen molar-refractivity contribution >= 4 is 28.9 Å². The molecule has 0 saturated carbocycles. The van der Waals surface area contributed by atoms with Gasteiger partial charge in [0, 0.05) is 10.9 Å².